The summed E-state index contributed by atoms with van der Waals surface area (Å²) >= 11 is 0. The fraction of sp³-hybridized carbons (Fsp3) is 0.167. The van der Waals surface area contributed by atoms with E-state index in [2.05, 4.69) is 9.97 Å². The second-order valence-electron chi connectivity index (χ2n) is 3.36. The molecule has 2 N–H and O–H groups in total. The molecule has 88 valence electrons. The van der Waals surface area contributed by atoms with Gasteiger partial charge < -0.3 is 14.9 Å². The third kappa shape index (κ3) is 2.92. The van der Waals surface area contributed by atoms with Gasteiger partial charge in [-0.2, -0.15) is 0 Å². The van der Waals surface area contributed by atoms with Gasteiger partial charge in [-0.15, -0.1) is 0 Å². The molecule has 5 nitrogen and oxygen atoms in total. The predicted octanol–water partition coefficient (Wildman–Crippen LogP) is 1.22. The van der Waals surface area contributed by atoms with Gasteiger partial charge in [-0.3, -0.25) is 0 Å². The van der Waals surface area contributed by atoms with Crippen molar-refractivity contribution in [3.63, 3.8) is 0 Å². The van der Waals surface area contributed by atoms with Crippen molar-refractivity contribution in [2.45, 2.75) is 0 Å². The van der Waals surface area contributed by atoms with E-state index in [4.69, 9.17) is 9.84 Å². The molecule has 0 saturated heterocycles. The van der Waals surface area contributed by atoms with Gasteiger partial charge in [-0.05, 0) is 12.1 Å². The number of aromatic nitrogens is 2. The summed E-state index contributed by atoms with van der Waals surface area (Å²) in [5.41, 5.74) is 0.735. The lowest BCUT2D eigenvalue weighted by atomic mass is 10.2. The smallest absolute Gasteiger partial charge is 0.159 e. The average molecular weight is 232 g/mol. The van der Waals surface area contributed by atoms with Gasteiger partial charge >= 0.3 is 0 Å². The third-order valence-corrected chi connectivity index (χ3v) is 2.09. The highest BCUT2D eigenvalue weighted by Crippen LogP contribution is 2.20. The number of phenols is 1. The molecule has 1 aromatic heterocycles. The van der Waals surface area contributed by atoms with Crippen molar-refractivity contribution in [3.8, 4) is 22.9 Å². The van der Waals surface area contributed by atoms with E-state index >= 15 is 0 Å². The molecule has 0 aliphatic heterocycles. The second-order valence-corrected chi connectivity index (χ2v) is 3.36. The van der Waals surface area contributed by atoms with E-state index in [9.17, 15) is 5.11 Å². The molecule has 0 bridgehead atoms. The van der Waals surface area contributed by atoms with Crippen molar-refractivity contribution in [2.24, 2.45) is 0 Å². The van der Waals surface area contributed by atoms with Crippen LogP contribution in [0.2, 0.25) is 0 Å². The summed E-state index contributed by atoms with van der Waals surface area (Å²) in [4.78, 5) is 8.23. The largest absolute Gasteiger partial charge is 0.508 e. The van der Waals surface area contributed by atoms with Crippen LogP contribution in [-0.2, 0) is 0 Å². The van der Waals surface area contributed by atoms with Crippen molar-refractivity contribution < 1.29 is 14.9 Å². The number of rotatable bonds is 4. The Morgan fingerprint density at radius 1 is 1.18 bits per heavy atom. The Bertz CT molecular complexity index is 485. The summed E-state index contributed by atoms with van der Waals surface area (Å²) in [5.74, 6) is 1.19. The molecule has 2 rings (SSSR count). The summed E-state index contributed by atoms with van der Waals surface area (Å²) < 4.78 is 5.15. The molecular formula is C12H12N2O3. The van der Waals surface area contributed by atoms with Crippen LogP contribution in [0.3, 0.4) is 0 Å². The first kappa shape index (κ1) is 11.3. The van der Waals surface area contributed by atoms with Gasteiger partial charge in [0.05, 0.1) is 19.0 Å². The number of aliphatic hydroxyl groups is 1. The maximum absolute atomic E-state index is 9.34. The van der Waals surface area contributed by atoms with E-state index in [0.717, 1.165) is 5.56 Å². The van der Waals surface area contributed by atoms with Crippen LogP contribution < -0.4 is 4.74 Å². The molecule has 0 saturated carbocycles. The highest BCUT2D eigenvalue weighted by atomic mass is 16.5. The van der Waals surface area contributed by atoms with E-state index < -0.39 is 0 Å². The van der Waals surface area contributed by atoms with Gasteiger partial charge in [0, 0.05) is 5.56 Å². The lowest BCUT2D eigenvalue weighted by molar-refractivity contribution is 0.200. The van der Waals surface area contributed by atoms with Crippen molar-refractivity contribution in [1.29, 1.82) is 0 Å². The van der Waals surface area contributed by atoms with E-state index in [-0.39, 0.29) is 19.0 Å². The molecule has 0 unspecified atom stereocenters. The first-order valence-corrected chi connectivity index (χ1v) is 5.14. The summed E-state index contributed by atoms with van der Waals surface area (Å²) in [6.45, 7) is 0.170. The van der Waals surface area contributed by atoms with Crippen molar-refractivity contribution in [1.82, 2.24) is 9.97 Å². The molecule has 0 aliphatic carbocycles. The second kappa shape index (κ2) is 5.27. The van der Waals surface area contributed by atoms with Crippen LogP contribution in [0.15, 0.2) is 36.7 Å². The van der Waals surface area contributed by atoms with Crippen molar-refractivity contribution in [3.05, 3.63) is 36.7 Å². The Kier molecular flexibility index (Phi) is 3.52. The minimum Gasteiger partial charge on any atom is -0.508 e. The number of ether oxygens (including phenoxy) is 1. The van der Waals surface area contributed by atoms with Gasteiger partial charge in [0.25, 0.3) is 0 Å². The number of phenolic OH excluding ortho intramolecular Hbond substituents is 1. The highest BCUT2D eigenvalue weighted by Gasteiger charge is 2.02. The molecule has 0 spiro atoms. The maximum atomic E-state index is 9.34. The minimum atomic E-state index is -0.0473. The molecule has 17 heavy (non-hydrogen) atoms. The zero-order valence-electron chi connectivity index (χ0n) is 9.08. The van der Waals surface area contributed by atoms with Crippen LogP contribution in [-0.4, -0.2) is 33.4 Å². The summed E-state index contributed by atoms with van der Waals surface area (Å²) in [5, 5.41) is 17.9. The number of aliphatic hydroxyl groups excluding tert-OH is 1. The highest BCUT2D eigenvalue weighted by molar-refractivity contribution is 5.57. The molecule has 5 heteroatoms. The average Bonchev–Trinajstić information content (AvgIpc) is 2.37. The summed E-state index contributed by atoms with van der Waals surface area (Å²) in [7, 11) is 0. The van der Waals surface area contributed by atoms with Crippen molar-refractivity contribution in [2.75, 3.05) is 13.2 Å². The number of aromatic hydroxyl groups is 1. The lowest BCUT2D eigenvalue weighted by Crippen LogP contribution is -2.02. The van der Waals surface area contributed by atoms with Crippen LogP contribution >= 0.6 is 0 Å². The minimum absolute atomic E-state index is 0.0473. The molecule has 2 aromatic rings. The Balaban J connectivity index is 2.17. The number of hydrogen-bond donors (Lipinski definition) is 2. The summed E-state index contributed by atoms with van der Waals surface area (Å²) in [6.07, 6.45) is 3.06. The standard InChI is InChI=1S/C12H12N2O3/c15-4-5-17-11-7-13-12(14-8-11)9-2-1-3-10(16)6-9/h1-3,6-8,15-16H,4-5H2. The van der Waals surface area contributed by atoms with Gasteiger partial charge in [-0.1, -0.05) is 12.1 Å². The van der Waals surface area contributed by atoms with Crippen LogP contribution in [0, 0.1) is 0 Å². The molecule has 1 heterocycles. The van der Waals surface area contributed by atoms with Gasteiger partial charge in [0.2, 0.25) is 0 Å². The van der Waals surface area contributed by atoms with E-state index in [1.54, 1.807) is 18.2 Å². The van der Waals surface area contributed by atoms with Crippen LogP contribution in [0.5, 0.6) is 11.5 Å². The Hall–Kier alpha value is -2.14. The molecule has 0 atom stereocenters. The first-order chi connectivity index (χ1) is 8.29. The maximum Gasteiger partial charge on any atom is 0.159 e. The molecule has 0 fully saturated rings. The van der Waals surface area contributed by atoms with Crippen molar-refractivity contribution >= 4 is 0 Å². The monoisotopic (exact) mass is 232 g/mol. The lowest BCUT2D eigenvalue weighted by Gasteiger charge is -2.04. The molecule has 0 radical (unpaired) electrons. The molecular weight excluding hydrogens is 220 g/mol. The quantitative estimate of drug-likeness (QED) is 0.829. The van der Waals surface area contributed by atoms with Crippen LogP contribution in [0.25, 0.3) is 11.4 Å². The topological polar surface area (TPSA) is 75.5 Å². The first-order valence-electron chi connectivity index (χ1n) is 5.14. The molecule has 0 aliphatic rings. The normalized spacial score (nSPS) is 10.2. The van der Waals surface area contributed by atoms with E-state index in [1.165, 1.54) is 12.4 Å². The zero-order chi connectivity index (χ0) is 12.1. The predicted molar refractivity (Wildman–Crippen MR) is 61.7 cm³/mol. The fourth-order valence-corrected chi connectivity index (χ4v) is 1.35. The Labute approximate surface area is 98.4 Å². The van der Waals surface area contributed by atoms with Crippen LogP contribution in [0.4, 0.5) is 0 Å². The Morgan fingerprint density at radius 3 is 2.59 bits per heavy atom. The van der Waals surface area contributed by atoms with E-state index in [0.29, 0.717) is 11.6 Å². The SMILES string of the molecule is OCCOc1cnc(-c2cccc(O)c2)nc1. The third-order valence-electron chi connectivity index (χ3n) is 2.09. The molecule has 0 amide bonds. The number of hydrogen-bond acceptors (Lipinski definition) is 5. The van der Waals surface area contributed by atoms with E-state index in [1.807, 2.05) is 6.07 Å². The summed E-state index contributed by atoms with van der Waals surface area (Å²) in [6, 6.07) is 6.71. The molecule has 1 aromatic carbocycles. The number of nitrogens with zero attached hydrogens (tertiary/aromatic N) is 2. The fourth-order valence-electron chi connectivity index (χ4n) is 1.35. The number of benzene rings is 1. The van der Waals surface area contributed by atoms with Gasteiger partial charge in [-0.25, -0.2) is 9.97 Å². The zero-order valence-corrected chi connectivity index (χ0v) is 9.08. The Morgan fingerprint density at radius 2 is 1.94 bits per heavy atom. The van der Waals surface area contributed by atoms with Gasteiger partial charge in [0.15, 0.2) is 11.6 Å². The van der Waals surface area contributed by atoms with Gasteiger partial charge in [0.1, 0.15) is 12.4 Å². The van der Waals surface area contributed by atoms with Crippen LogP contribution in [0.1, 0.15) is 0 Å².